The average molecular weight is 341 g/mol. The molecule has 0 N–H and O–H groups in total. The topological polar surface area (TPSA) is 46.6 Å². The van der Waals surface area contributed by atoms with E-state index in [0.29, 0.717) is 18.8 Å². The van der Waals surface area contributed by atoms with E-state index in [9.17, 15) is 4.79 Å². The van der Waals surface area contributed by atoms with Gasteiger partial charge in [-0.15, -0.1) is 11.8 Å². The van der Waals surface area contributed by atoms with E-state index in [1.807, 2.05) is 42.5 Å². The summed E-state index contributed by atoms with van der Waals surface area (Å²) in [7, 11) is 0. The van der Waals surface area contributed by atoms with Crippen molar-refractivity contribution in [3.05, 3.63) is 78.1 Å². The largest absolute Gasteiger partial charge is 0.467 e. The molecule has 0 spiro atoms. The zero-order valence-corrected chi connectivity index (χ0v) is 14.3. The van der Waals surface area contributed by atoms with E-state index in [1.54, 1.807) is 29.2 Å². The van der Waals surface area contributed by atoms with Gasteiger partial charge in [-0.3, -0.25) is 4.79 Å². The summed E-state index contributed by atoms with van der Waals surface area (Å²) in [6.07, 6.45) is 3.24. The van der Waals surface area contributed by atoms with Gasteiger partial charge in [-0.1, -0.05) is 18.2 Å². The third-order valence-corrected chi connectivity index (χ3v) is 4.81. The molecule has 0 saturated carbocycles. The van der Waals surface area contributed by atoms with Gasteiger partial charge in [0.15, 0.2) is 0 Å². The molecule has 2 heterocycles. The van der Waals surface area contributed by atoms with Crippen LogP contribution in [0.1, 0.15) is 17.1 Å². The summed E-state index contributed by atoms with van der Waals surface area (Å²) in [5.41, 5.74) is 1.18. The lowest BCUT2D eigenvalue weighted by molar-refractivity contribution is -0.130. The van der Waals surface area contributed by atoms with Gasteiger partial charge in [-0.2, -0.15) is 0 Å². The second-order valence-electron chi connectivity index (χ2n) is 5.46. The number of nitrogens with zero attached hydrogens (tertiary/aromatic N) is 1. The van der Waals surface area contributed by atoms with Gasteiger partial charge in [0.25, 0.3) is 0 Å². The molecule has 0 fully saturated rings. The van der Waals surface area contributed by atoms with Gasteiger partial charge < -0.3 is 13.7 Å². The highest BCUT2D eigenvalue weighted by Crippen LogP contribution is 2.23. The van der Waals surface area contributed by atoms with Gasteiger partial charge in [0.1, 0.15) is 11.5 Å². The third kappa shape index (κ3) is 4.32. The van der Waals surface area contributed by atoms with Crippen LogP contribution in [0.3, 0.4) is 0 Å². The van der Waals surface area contributed by atoms with Crippen molar-refractivity contribution in [2.75, 3.05) is 5.75 Å². The summed E-state index contributed by atoms with van der Waals surface area (Å²) in [6.45, 7) is 2.91. The second-order valence-corrected chi connectivity index (χ2v) is 6.48. The molecule has 3 aromatic rings. The fraction of sp³-hybridized carbons (Fsp3) is 0.211. The van der Waals surface area contributed by atoms with E-state index in [0.717, 1.165) is 16.4 Å². The van der Waals surface area contributed by atoms with Crippen molar-refractivity contribution in [2.24, 2.45) is 0 Å². The molecule has 24 heavy (non-hydrogen) atoms. The SMILES string of the molecule is Cc1ccccc1SCC(=O)N(Cc1ccco1)Cc1ccco1. The standard InChI is InChI=1S/C19H19NO3S/c1-15-6-2-3-9-18(15)24-14-19(21)20(12-16-7-4-10-22-16)13-17-8-5-11-23-17/h2-11H,12-14H2,1H3. The first-order chi connectivity index (χ1) is 11.7. The number of benzene rings is 1. The molecule has 0 radical (unpaired) electrons. The predicted octanol–water partition coefficient (Wildman–Crippen LogP) is 4.50. The van der Waals surface area contributed by atoms with Crippen molar-refractivity contribution in [1.82, 2.24) is 4.90 Å². The Morgan fingerprint density at radius 3 is 2.12 bits per heavy atom. The maximum atomic E-state index is 12.7. The molecule has 4 nitrogen and oxygen atoms in total. The third-order valence-electron chi connectivity index (χ3n) is 3.65. The van der Waals surface area contributed by atoms with Crippen LogP contribution in [0, 0.1) is 6.92 Å². The lowest BCUT2D eigenvalue weighted by Gasteiger charge is -2.20. The second kappa shape index (κ2) is 7.93. The average Bonchev–Trinajstić information content (AvgIpc) is 3.27. The molecule has 0 bridgehead atoms. The molecular formula is C19H19NO3S. The summed E-state index contributed by atoms with van der Waals surface area (Å²) >= 11 is 1.56. The minimum absolute atomic E-state index is 0.0519. The number of rotatable bonds is 7. The number of furan rings is 2. The quantitative estimate of drug-likeness (QED) is 0.594. The Morgan fingerprint density at radius 1 is 0.958 bits per heavy atom. The Labute approximate surface area is 145 Å². The number of carbonyl (C=O) groups excluding carboxylic acids is 1. The first kappa shape index (κ1) is 16.5. The van der Waals surface area contributed by atoms with Gasteiger partial charge >= 0.3 is 0 Å². The van der Waals surface area contributed by atoms with Crippen molar-refractivity contribution in [3.8, 4) is 0 Å². The van der Waals surface area contributed by atoms with Crippen LogP contribution >= 0.6 is 11.8 Å². The molecule has 0 atom stereocenters. The molecule has 0 aliphatic carbocycles. The van der Waals surface area contributed by atoms with Crippen LogP contribution < -0.4 is 0 Å². The van der Waals surface area contributed by atoms with Crippen molar-refractivity contribution < 1.29 is 13.6 Å². The van der Waals surface area contributed by atoms with Crippen molar-refractivity contribution in [3.63, 3.8) is 0 Å². The van der Waals surface area contributed by atoms with E-state index in [1.165, 1.54) is 5.56 Å². The van der Waals surface area contributed by atoms with Gasteiger partial charge in [0, 0.05) is 4.90 Å². The normalized spacial score (nSPS) is 10.7. The summed E-state index contributed by atoms with van der Waals surface area (Å²) in [4.78, 5) is 15.6. The van der Waals surface area contributed by atoms with Gasteiger partial charge in [-0.05, 0) is 42.8 Å². The van der Waals surface area contributed by atoms with Crippen LogP contribution in [0.2, 0.25) is 0 Å². The Hall–Kier alpha value is -2.40. The van der Waals surface area contributed by atoms with Crippen molar-refractivity contribution in [2.45, 2.75) is 24.9 Å². The maximum absolute atomic E-state index is 12.7. The van der Waals surface area contributed by atoms with Crippen LogP contribution in [-0.4, -0.2) is 16.6 Å². The van der Waals surface area contributed by atoms with Crippen LogP contribution in [0.5, 0.6) is 0 Å². The van der Waals surface area contributed by atoms with Gasteiger partial charge in [-0.25, -0.2) is 0 Å². The Balaban J connectivity index is 1.67. The number of thioether (sulfide) groups is 1. The van der Waals surface area contributed by atoms with Crippen LogP contribution in [0.15, 0.2) is 74.8 Å². The molecule has 0 saturated heterocycles. The summed E-state index contributed by atoms with van der Waals surface area (Å²) in [6, 6.07) is 15.5. The van der Waals surface area contributed by atoms with Gasteiger partial charge in [0.05, 0.1) is 31.4 Å². The summed E-state index contributed by atoms with van der Waals surface area (Å²) in [5.74, 6) is 1.95. The van der Waals surface area contributed by atoms with E-state index >= 15 is 0 Å². The molecule has 1 amide bonds. The smallest absolute Gasteiger partial charge is 0.233 e. The molecule has 0 aliphatic rings. The zero-order chi connectivity index (χ0) is 16.8. The maximum Gasteiger partial charge on any atom is 0.233 e. The van der Waals surface area contributed by atoms with Crippen LogP contribution in [0.25, 0.3) is 0 Å². The molecule has 124 valence electrons. The minimum atomic E-state index is 0.0519. The molecule has 0 aliphatic heterocycles. The molecule has 2 aromatic heterocycles. The van der Waals surface area contributed by atoms with Crippen molar-refractivity contribution in [1.29, 1.82) is 0 Å². The monoisotopic (exact) mass is 341 g/mol. The first-order valence-corrected chi connectivity index (χ1v) is 8.72. The number of aryl methyl sites for hydroxylation is 1. The predicted molar refractivity (Wildman–Crippen MR) is 93.6 cm³/mol. The van der Waals surface area contributed by atoms with E-state index in [-0.39, 0.29) is 5.91 Å². The highest BCUT2D eigenvalue weighted by Gasteiger charge is 2.17. The number of hydrogen-bond acceptors (Lipinski definition) is 4. The highest BCUT2D eigenvalue weighted by molar-refractivity contribution is 8.00. The Kier molecular flexibility index (Phi) is 5.43. The lowest BCUT2D eigenvalue weighted by atomic mass is 10.2. The zero-order valence-electron chi connectivity index (χ0n) is 13.5. The molecule has 3 rings (SSSR count). The fourth-order valence-corrected chi connectivity index (χ4v) is 3.29. The van der Waals surface area contributed by atoms with E-state index < -0.39 is 0 Å². The Bertz CT molecular complexity index is 730. The van der Waals surface area contributed by atoms with Crippen LogP contribution in [-0.2, 0) is 17.9 Å². The number of hydrogen-bond donors (Lipinski definition) is 0. The number of amides is 1. The Morgan fingerprint density at radius 2 is 1.58 bits per heavy atom. The minimum Gasteiger partial charge on any atom is -0.467 e. The van der Waals surface area contributed by atoms with Crippen LogP contribution in [0.4, 0.5) is 0 Å². The fourth-order valence-electron chi connectivity index (χ4n) is 2.36. The lowest BCUT2D eigenvalue weighted by Crippen LogP contribution is -2.31. The highest BCUT2D eigenvalue weighted by atomic mass is 32.2. The number of carbonyl (C=O) groups is 1. The van der Waals surface area contributed by atoms with Gasteiger partial charge in [0.2, 0.25) is 5.91 Å². The first-order valence-electron chi connectivity index (χ1n) is 7.73. The summed E-state index contributed by atoms with van der Waals surface area (Å²) < 4.78 is 10.8. The summed E-state index contributed by atoms with van der Waals surface area (Å²) in [5, 5.41) is 0. The molecule has 0 unspecified atom stereocenters. The van der Waals surface area contributed by atoms with Crippen molar-refractivity contribution >= 4 is 17.7 Å². The molecule has 1 aromatic carbocycles. The van der Waals surface area contributed by atoms with E-state index in [2.05, 4.69) is 13.0 Å². The molecule has 5 heteroatoms. The molecular weight excluding hydrogens is 322 g/mol. The van der Waals surface area contributed by atoms with E-state index in [4.69, 9.17) is 8.83 Å².